The van der Waals surface area contributed by atoms with E-state index in [1.807, 2.05) is 17.0 Å². The van der Waals surface area contributed by atoms with Gasteiger partial charge in [-0.1, -0.05) is 19.1 Å². The van der Waals surface area contributed by atoms with Gasteiger partial charge in [-0.25, -0.2) is 9.37 Å². The lowest BCUT2D eigenvalue weighted by molar-refractivity contribution is -0.130. The fourth-order valence-corrected chi connectivity index (χ4v) is 4.83. The Bertz CT molecular complexity index is 1250. The summed E-state index contributed by atoms with van der Waals surface area (Å²) in [5.41, 5.74) is 0.616. The molecule has 1 aromatic heterocycles. The van der Waals surface area contributed by atoms with Gasteiger partial charge in [0.2, 0.25) is 5.91 Å². The van der Waals surface area contributed by atoms with Gasteiger partial charge in [0, 0.05) is 38.9 Å². The molecule has 37 heavy (non-hydrogen) atoms. The molecule has 1 fully saturated rings. The SMILES string of the molecule is COc1cccc(CNC(=O)c2nc3c(c(=O)[nH]2)C(OCCC2CCN(C(C)=O)CC2)=C(F)CC3C)c1. The summed E-state index contributed by atoms with van der Waals surface area (Å²) in [6.07, 6.45) is 2.48. The summed E-state index contributed by atoms with van der Waals surface area (Å²) >= 11 is 0. The van der Waals surface area contributed by atoms with Crippen LogP contribution >= 0.6 is 0 Å². The van der Waals surface area contributed by atoms with E-state index >= 15 is 0 Å². The van der Waals surface area contributed by atoms with Crippen molar-refractivity contribution >= 4 is 17.6 Å². The van der Waals surface area contributed by atoms with E-state index in [0.717, 1.165) is 18.4 Å². The summed E-state index contributed by atoms with van der Waals surface area (Å²) in [4.78, 5) is 46.0. The van der Waals surface area contributed by atoms with Crippen LogP contribution in [0.3, 0.4) is 0 Å². The van der Waals surface area contributed by atoms with Crippen molar-refractivity contribution in [2.45, 2.75) is 52.0 Å². The number of benzene rings is 1. The number of fused-ring (bicyclic) bond motifs is 1. The van der Waals surface area contributed by atoms with Gasteiger partial charge in [-0.05, 0) is 42.9 Å². The molecule has 10 heteroatoms. The second-order valence-corrected chi connectivity index (χ2v) is 9.63. The molecular formula is C27H33FN4O5. The number of aromatic amines is 1. The van der Waals surface area contributed by atoms with E-state index in [9.17, 15) is 18.8 Å². The number of methoxy groups -OCH3 is 1. The molecule has 198 valence electrons. The number of carbonyl (C=O) groups excluding carboxylic acids is 2. The first-order valence-corrected chi connectivity index (χ1v) is 12.6. The number of amides is 2. The summed E-state index contributed by atoms with van der Waals surface area (Å²) in [5, 5.41) is 2.75. The summed E-state index contributed by atoms with van der Waals surface area (Å²) in [5.74, 6) is -0.514. The Hall–Kier alpha value is -3.69. The number of hydrogen-bond donors (Lipinski definition) is 2. The number of carbonyl (C=O) groups is 2. The minimum absolute atomic E-state index is 0.0423. The van der Waals surface area contributed by atoms with Crippen molar-refractivity contribution in [3.8, 4) is 5.75 Å². The van der Waals surface area contributed by atoms with Crippen LogP contribution in [0.2, 0.25) is 0 Å². The lowest BCUT2D eigenvalue weighted by atomic mass is 9.91. The molecule has 4 rings (SSSR count). The Labute approximate surface area is 215 Å². The predicted molar refractivity (Wildman–Crippen MR) is 136 cm³/mol. The van der Waals surface area contributed by atoms with E-state index in [-0.39, 0.29) is 48.5 Å². The molecule has 1 atom stereocenters. The molecule has 9 nitrogen and oxygen atoms in total. The van der Waals surface area contributed by atoms with Crippen molar-refractivity contribution in [2.24, 2.45) is 5.92 Å². The fourth-order valence-electron chi connectivity index (χ4n) is 4.83. The third kappa shape index (κ3) is 6.18. The molecule has 2 aromatic rings. The maximum atomic E-state index is 14.9. The van der Waals surface area contributed by atoms with Gasteiger partial charge in [-0.15, -0.1) is 0 Å². The molecule has 1 saturated heterocycles. The van der Waals surface area contributed by atoms with Crippen molar-refractivity contribution in [1.82, 2.24) is 20.2 Å². The fraction of sp³-hybridized carbons (Fsp3) is 0.481. The van der Waals surface area contributed by atoms with E-state index in [1.54, 1.807) is 33.1 Å². The molecule has 2 N–H and O–H groups in total. The van der Waals surface area contributed by atoms with Crippen molar-refractivity contribution in [1.29, 1.82) is 0 Å². The first-order valence-electron chi connectivity index (χ1n) is 12.6. The number of nitrogens with one attached hydrogen (secondary N) is 2. The summed E-state index contributed by atoms with van der Waals surface area (Å²) in [7, 11) is 1.56. The van der Waals surface area contributed by atoms with Gasteiger partial charge >= 0.3 is 0 Å². The smallest absolute Gasteiger partial charge is 0.287 e. The van der Waals surface area contributed by atoms with Crippen molar-refractivity contribution in [2.75, 3.05) is 26.8 Å². The number of likely N-dealkylation sites (tertiary alicyclic amines) is 1. The molecule has 2 amide bonds. The third-order valence-corrected chi connectivity index (χ3v) is 7.01. The van der Waals surface area contributed by atoms with Gasteiger partial charge in [0.1, 0.15) is 17.1 Å². The number of H-pyrrole nitrogens is 1. The quantitative estimate of drug-likeness (QED) is 0.560. The van der Waals surface area contributed by atoms with Gasteiger partial charge in [0.15, 0.2) is 11.6 Å². The van der Waals surface area contributed by atoms with E-state index < -0.39 is 17.3 Å². The second kappa shape index (κ2) is 11.6. The highest BCUT2D eigenvalue weighted by molar-refractivity contribution is 5.90. The van der Waals surface area contributed by atoms with Gasteiger partial charge in [0.25, 0.3) is 11.5 Å². The van der Waals surface area contributed by atoms with Gasteiger partial charge in [-0.3, -0.25) is 14.4 Å². The van der Waals surface area contributed by atoms with Crippen LogP contribution in [0.4, 0.5) is 4.39 Å². The molecular weight excluding hydrogens is 479 g/mol. The lowest BCUT2D eigenvalue weighted by Crippen LogP contribution is -2.37. The van der Waals surface area contributed by atoms with E-state index in [0.29, 0.717) is 36.9 Å². The Morgan fingerprint density at radius 3 is 2.73 bits per heavy atom. The van der Waals surface area contributed by atoms with Gasteiger partial charge in [-0.2, -0.15) is 0 Å². The summed E-state index contributed by atoms with van der Waals surface area (Å²) in [6.45, 7) is 5.24. The predicted octanol–water partition coefficient (Wildman–Crippen LogP) is 3.52. The molecule has 2 heterocycles. The number of nitrogens with zero attached hydrogens (tertiary/aromatic N) is 2. The van der Waals surface area contributed by atoms with Crippen molar-refractivity contribution < 1.29 is 23.5 Å². The number of rotatable bonds is 8. The number of piperidine rings is 1. The summed E-state index contributed by atoms with van der Waals surface area (Å²) in [6, 6.07) is 7.27. The Balaban J connectivity index is 1.43. The number of ether oxygens (including phenoxy) is 2. The Morgan fingerprint density at radius 1 is 1.27 bits per heavy atom. The molecule has 1 aliphatic carbocycles. The maximum Gasteiger partial charge on any atom is 0.287 e. The number of halogens is 1. The van der Waals surface area contributed by atoms with Gasteiger partial charge in [0.05, 0.1) is 19.4 Å². The second-order valence-electron chi connectivity index (χ2n) is 9.63. The van der Waals surface area contributed by atoms with Crippen LogP contribution in [-0.4, -0.2) is 53.5 Å². The Kier molecular flexibility index (Phi) is 8.25. The summed E-state index contributed by atoms with van der Waals surface area (Å²) < 4.78 is 25.9. The molecule has 1 aliphatic heterocycles. The zero-order chi connectivity index (χ0) is 26.5. The average Bonchev–Trinajstić information content (AvgIpc) is 2.89. The number of aromatic nitrogens is 2. The first-order chi connectivity index (χ1) is 17.8. The average molecular weight is 513 g/mol. The standard InChI is InChI=1S/C27H33FN4O5/c1-16-13-21(28)24(37-12-9-18-7-10-32(11-8-18)17(2)33)22-23(16)30-25(31-26(22)34)27(35)29-15-19-5-4-6-20(14-19)36-3/h4-6,14,16,18H,7-13,15H2,1-3H3,(H,29,35)(H,30,31,34). The maximum absolute atomic E-state index is 14.9. The lowest BCUT2D eigenvalue weighted by Gasteiger charge is -2.31. The molecule has 1 unspecified atom stereocenters. The van der Waals surface area contributed by atoms with E-state index in [1.165, 1.54) is 0 Å². The molecule has 0 spiro atoms. The van der Waals surface area contributed by atoms with E-state index in [2.05, 4.69) is 15.3 Å². The van der Waals surface area contributed by atoms with Crippen molar-refractivity contribution in [3.63, 3.8) is 0 Å². The highest BCUT2D eigenvalue weighted by atomic mass is 19.1. The third-order valence-electron chi connectivity index (χ3n) is 7.01. The minimum Gasteiger partial charge on any atom is -0.497 e. The van der Waals surface area contributed by atoms with Crippen LogP contribution in [0.15, 0.2) is 34.9 Å². The first kappa shape index (κ1) is 26.4. The van der Waals surface area contributed by atoms with Crippen molar-refractivity contribution in [3.05, 3.63) is 63.1 Å². The minimum atomic E-state index is -0.608. The van der Waals surface area contributed by atoms with Gasteiger partial charge < -0.3 is 24.7 Å². The zero-order valence-electron chi connectivity index (χ0n) is 21.4. The van der Waals surface area contributed by atoms with Crippen LogP contribution in [0, 0.1) is 5.92 Å². The number of hydrogen-bond acceptors (Lipinski definition) is 6. The van der Waals surface area contributed by atoms with Crippen LogP contribution < -0.4 is 15.6 Å². The zero-order valence-corrected chi connectivity index (χ0v) is 21.4. The molecule has 0 bridgehead atoms. The monoisotopic (exact) mass is 512 g/mol. The van der Waals surface area contributed by atoms with Crippen LogP contribution in [0.1, 0.15) is 72.9 Å². The molecule has 0 radical (unpaired) electrons. The van der Waals surface area contributed by atoms with Crippen LogP contribution in [-0.2, 0) is 16.1 Å². The molecule has 1 aromatic carbocycles. The number of allylic oxidation sites excluding steroid dienone is 1. The highest BCUT2D eigenvalue weighted by Crippen LogP contribution is 2.37. The van der Waals surface area contributed by atoms with E-state index in [4.69, 9.17) is 9.47 Å². The Morgan fingerprint density at radius 2 is 2.03 bits per heavy atom. The molecule has 0 saturated carbocycles. The van der Waals surface area contributed by atoms with Crippen LogP contribution in [0.5, 0.6) is 5.75 Å². The largest absolute Gasteiger partial charge is 0.497 e. The normalized spacial score (nSPS) is 17.8. The topological polar surface area (TPSA) is 114 Å². The molecule has 2 aliphatic rings. The van der Waals surface area contributed by atoms with Crippen LogP contribution in [0.25, 0.3) is 5.76 Å². The highest BCUT2D eigenvalue weighted by Gasteiger charge is 2.31.